The number of nitrogens with one attached hydrogen (secondary N) is 2. The highest BCUT2D eigenvalue weighted by molar-refractivity contribution is 9.10. The van der Waals surface area contributed by atoms with E-state index in [9.17, 15) is 18.8 Å². The lowest BCUT2D eigenvalue weighted by atomic mass is 10.1. The Morgan fingerprint density at radius 2 is 1.89 bits per heavy atom. The third-order valence-electron chi connectivity index (χ3n) is 5.01. The van der Waals surface area contributed by atoms with Crippen LogP contribution in [0.5, 0.6) is 11.5 Å². The van der Waals surface area contributed by atoms with E-state index in [4.69, 9.17) is 21.1 Å². The molecule has 1 fully saturated rings. The van der Waals surface area contributed by atoms with E-state index in [0.29, 0.717) is 32.2 Å². The van der Waals surface area contributed by atoms with Crippen molar-refractivity contribution < 1.29 is 28.2 Å². The van der Waals surface area contributed by atoms with Gasteiger partial charge in [-0.3, -0.25) is 9.59 Å². The average molecular weight is 575 g/mol. The standard InChI is InChI=1S/C25H18BrClFN3O5/c1-35-21-10-14(9-20-24(33)31(25(34)30-20)18-4-2-3-15(27)11-18)19(26)12-22(21)36-13-23(32)29-17-7-5-16(28)6-8-17/h2-12H,13H2,1H3,(H,29,32)(H,30,34)/b20-9+. The van der Waals surface area contributed by atoms with Crippen LogP contribution in [0, 0.1) is 5.82 Å². The van der Waals surface area contributed by atoms with Crippen LogP contribution >= 0.6 is 27.5 Å². The van der Waals surface area contributed by atoms with Gasteiger partial charge in [0.2, 0.25) is 0 Å². The molecule has 0 aromatic heterocycles. The molecule has 1 aliphatic heterocycles. The second-order valence-corrected chi connectivity index (χ2v) is 8.77. The summed E-state index contributed by atoms with van der Waals surface area (Å²) in [6.45, 7) is -0.330. The van der Waals surface area contributed by atoms with Crippen LogP contribution in [-0.4, -0.2) is 31.6 Å². The van der Waals surface area contributed by atoms with Crippen LogP contribution in [0.4, 0.5) is 20.6 Å². The molecule has 0 aliphatic carbocycles. The van der Waals surface area contributed by atoms with E-state index in [-0.39, 0.29) is 18.1 Å². The first kappa shape index (κ1) is 25.2. The van der Waals surface area contributed by atoms with Gasteiger partial charge in [-0.25, -0.2) is 14.1 Å². The first-order valence-electron chi connectivity index (χ1n) is 10.4. The molecule has 8 nitrogen and oxygen atoms in total. The van der Waals surface area contributed by atoms with Gasteiger partial charge in [-0.05, 0) is 66.2 Å². The molecule has 11 heteroatoms. The number of carbonyl (C=O) groups is 3. The van der Waals surface area contributed by atoms with Crippen molar-refractivity contribution in [3.63, 3.8) is 0 Å². The number of hydrogen-bond donors (Lipinski definition) is 2. The van der Waals surface area contributed by atoms with Gasteiger partial charge in [-0.1, -0.05) is 33.6 Å². The van der Waals surface area contributed by atoms with E-state index in [1.807, 2.05) is 0 Å². The minimum atomic E-state index is -0.608. The molecule has 0 radical (unpaired) electrons. The van der Waals surface area contributed by atoms with Gasteiger partial charge < -0.3 is 20.1 Å². The van der Waals surface area contributed by atoms with Crippen LogP contribution in [0.25, 0.3) is 6.08 Å². The van der Waals surface area contributed by atoms with Gasteiger partial charge in [0.25, 0.3) is 11.8 Å². The molecule has 1 heterocycles. The number of ether oxygens (including phenoxy) is 2. The van der Waals surface area contributed by atoms with Crippen LogP contribution in [0.3, 0.4) is 0 Å². The van der Waals surface area contributed by atoms with Crippen molar-refractivity contribution >= 4 is 62.8 Å². The van der Waals surface area contributed by atoms with E-state index in [1.54, 1.807) is 30.3 Å². The molecule has 1 aliphatic rings. The number of imide groups is 1. The minimum Gasteiger partial charge on any atom is -0.493 e. The second kappa shape index (κ2) is 10.8. The van der Waals surface area contributed by atoms with Crippen molar-refractivity contribution in [1.29, 1.82) is 0 Å². The summed E-state index contributed by atoms with van der Waals surface area (Å²) >= 11 is 9.41. The van der Waals surface area contributed by atoms with Gasteiger partial charge in [0.1, 0.15) is 11.5 Å². The molecule has 3 aromatic carbocycles. The number of nitrogens with zero attached hydrogens (tertiary/aromatic N) is 1. The molecule has 36 heavy (non-hydrogen) atoms. The number of urea groups is 1. The summed E-state index contributed by atoms with van der Waals surface area (Å²) in [6.07, 6.45) is 1.49. The van der Waals surface area contributed by atoms with Gasteiger partial charge in [0, 0.05) is 15.2 Å². The van der Waals surface area contributed by atoms with Gasteiger partial charge >= 0.3 is 6.03 Å². The maximum atomic E-state index is 13.0. The largest absolute Gasteiger partial charge is 0.493 e. The zero-order chi connectivity index (χ0) is 25.8. The number of anilines is 2. The summed E-state index contributed by atoms with van der Waals surface area (Å²) in [5.41, 5.74) is 1.34. The number of carbonyl (C=O) groups excluding carboxylic acids is 3. The molecular formula is C25H18BrClFN3O5. The Labute approximate surface area is 218 Å². The highest BCUT2D eigenvalue weighted by Gasteiger charge is 2.35. The number of benzene rings is 3. The topological polar surface area (TPSA) is 97.0 Å². The molecule has 0 atom stereocenters. The smallest absolute Gasteiger partial charge is 0.333 e. The van der Waals surface area contributed by atoms with E-state index in [1.165, 1.54) is 43.5 Å². The van der Waals surface area contributed by atoms with Gasteiger partial charge in [0.15, 0.2) is 18.1 Å². The molecule has 4 rings (SSSR count). The molecule has 0 unspecified atom stereocenters. The van der Waals surface area contributed by atoms with E-state index in [2.05, 4.69) is 26.6 Å². The highest BCUT2D eigenvalue weighted by atomic mass is 79.9. The second-order valence-electron chi connectivity index (χ2n) is 7.48. The van der Waals surface area contributed by atoms with E-state index >= 15 is 0 Å². The Kier molecular flexibility index (Phi) is 7.56. The molecule has 184 valence electrons. The fourth-order valence-electron chi connectivity index (χ4n) is 3.35. The summed E-state index contributed by atoms with van der Waals surface area (Å²) < 4.78 is 24.5. The Balaban J connectivity index is 1.50. The number of methoxy groups -OCH3 is 1. The van der Waals surface area contributed by atoms with Crippen LogP contribution in [0.15, 0.2) is 70.8 Å². The van der Waals surface area contributed by atoms with Crippen LogP contribution < -0.4 is 25.0 Å². The predicted octanol–water partition coefficient (Wildman–Crippen LogP) is 5.37. The van der Waals surface area contributed by atoms with Crippen molar-refractivity contribution in [1.82, 2.24) is 5.32 Å². The summed E-state index contributed by atoms with van der Waals surface area (Å²) in [4.78, 5) is 38.6. The summed E-state index contributed by atoms with van der Waals surface area (Å²) in [5.74, 6) is -0.853. The molecule has 1 saturated heterocycles. The zero-order valence-corrected chi connectivity index (χ0v) is 21.0. The van der Waals surface area contributed by atoms with Crippen molar-refractivity contribution in [2.24, 2.45) is 0 Å². The lowest BCUT2D eigenvalue weighted by molar-refractivity contribution is -0.118. The quantitative estimate of drug-likeness (QED) is 0.292. The van der Waals surface area contributed by atoms with Gasteiger partial charge in [-0.2, -0.15) is 0 Å². The third kappa shape index (κ3) is 5.67. The first-order chi connectivity index (χ1) is 17.2. The maximum absolute atomic E-state index is 13.0. The number of halogens is 3. The molecule has 3 aromatic rings. The van der Waals surface area contributed by atoms with Gasteiger partial charge in [0.05, 0.1) is 12.8 Å². The SMILES string of the molecule is COc1cc(/C=C2/NC(=O)N(c3cccc(Cl)c3)C2=O)c(Br)cc1OCC(=O)Nc1ccc(F)cc1. The molecule has 0 bridgehead atoms. The fourth-order valence-corrected chi connectivity index (χ4v) is 3.97. The highest BCUT2D eigenvalue weighted by Crippen LogP contribution is 2.35. The molecule has 4 amide bonds. The van der Waals surface area contributed by atoms with Crippen LogP contribution in [0.1, 0.15) is 5.56 Å². The first-order valence-corrected chi connectivity index (χ1v) is 11.6. The normalized spacial score (nSPS) is 14.1. The molecule has 0 saturated carbocycles. The number of amides is 4. The molecule has 0 spiro atoms. The minimum absolute atomic E-state index is 0.0510. The van der Waals surface area contributed by atoms with Gasteiger partial charge in [-0.15, -0.1) is 0 Å². The lowest BCUT2D eigenvalue weighted by Crippen LogP contribution is -2.30. The Morgan fingerprint density at radius 3 is 2.58 bits per heavy atom. The van der Waals surface area contributed by atoms with Crippen molar-refractivity contribution in [2.75, 3.05) is 23.9 Å². The van der Waals surface area contributed by atoms with Crippen LogP contribution in [0.2, 0.25) is 5.02 Å². The molecular weight excluding hydrogens is 557 g/mol. The van der Waals surface area contributed by atoms with Crippen LogP contribution in [-0.2, 0) is 9.59 Å². The number of hydrogen-bond acceptors (Lipinski definition) is 5. The average Bonchev–Trinajstić information content (AvgIpc) is 3.13. The Morgan fingerprint density at radius 1 is 1.14 bits per heavy atom. The summed E-state index contributed by atoms with van der Waals surface area (Å²) in [7, 11) is 1.43. The summed E-state index contributed by atoms with van der Waals surface area (Å²) in [6, 6.07) is 14.3. The van der Waals surface area contributed by atoms with E-state index in [0.717, 1.165) is 4.90 Å². The summed E-state index contributed by atoms with van der Waals surface area (Å²) in [5, 5.41) is 5.54. The monoisotopic (exact) mass is 573 g/mol. The fraction of sp³-hybridized carbons (Fsp3) is 0.0800. The zero-order valence-electron chi connectivity index (χ0n) is 18.7. The molecule has 2 N–H and O–H groups in total. The van der Waals surface area contributed by atoms with Crippen molar-refractivity contribution in [3.05, 3.63) is 87.2 Å². The maximum Gasteiger partial charge on any atom is 0.333 e. The number of rotatable bonds is 7. The predicted molar refractivity (Wildman–Crippen MR) is 137 cm³/mol. The Hall–Kier alpha value is -3.89. The van der Waals surface area contributed by atoms with E-state index < -0.39 is 23.7 Å². The third-order valence-corrected chi connectivity index (χ3v) is 5.94. The van der Waals surface area contributed by atoms with Crippen molar-refractivity contribution in [2.45, 2.75) is 0 Å². The Bertz CT molecular complexity index is 1380. The lowest BCUT2D eigenvalue weighted by Gasteiger charge is -2.13. The van der Waals surface area contributed by atoms with Crippen molar-refractivity contribution in [3.8, 4) is 11.5 Å².